The summed E-state index contributed by atoms with van der Waals surface area (Å²) in [5, 5.41) is 0. The summed E-state index contributed by atoms with van der Waals surface area (Å²) in [6.07, 6.45) is 5.13. The minimum atomic E-state index is -0.240. The molecule has 4 heterocycles. The molecule has 7 rings (SSSR count). The number of ether oxygens (including phenoxy) is 1. The lowest BCUT2D eigenvalue weighted by atomic mass is 10.0. The second-order valence-corrected chi connectivity index (χ2v) is 9.55. The van der Waals surface area contributed by atoms with Crippen molar-refractivity contribution in [2.75, 3.05) is 36.0 Å². The third-order valence-electron chi connectivity index (χ3n) is 7.52. The molecule has 3 fully saturated rings. The molecule has 2 unspecified atom stereocenters. The molecule has 2 aliphatic heterocycles. The predicted molar refractivity (Wildman–Crippen MR) is 121 cm³/mol. The van der Waals surface area contributed by atoms with Crippen LogP contribution in [0.3, 0.4) is 0 Å². The summed E-state index contributed by atoms with van der Waals surface area (Å²) in [6, 6.07) is 3.73. The zero-order valence-corrected chi connectivity index (χ0v) is 18.3. The number of rotatable bonds is 4. The number of halogens is 1. The number of fused-ring (bicyclic) bond motifs is 4. The molecule has 2 N–H and O–H groups in total. The van der Waals surface area contributed by atoms with Crippen molar-refractivity contribution in [3.05, 3.63) is 47.2 Å². The first-order valence-corrected chi connectivity index (χ1v) is 11.5. The lowest BCUT2D eigenvalue weighted by Gasteiger charge is -2.30. The third-order valence-corrected chi connectivity index (χ3v) is 7.52. The largest absolute Gasteiger partial charge is 0.421 e. The molecular weight excluding hydrogens is 421 g/mol. The third kappa shape index (κ3) is 2.98. The number of aryl methyl sites for hydroxylation is 1. The van der Waals surface area contributed by atoms with Crippen molar-refractivity contribution in [2.45, 2.75) is 25.8 Å². The zero-order chi connectivity index (χ0) is 22.3. The van der Waals surface area contributed by atoms with Gasteiger partial charge in [-0.3, -0.25) is 0 Å². The minimum absolute atomic E-state index is 0.240. The van der Waals surface area contributed by atoms with Crippen molar-refractivity contribution >= 4 is 11.8 Å². The molecule has 168 valence electrons. The first-order chi connectivity index (χ1) is 16.0. The lowest BCUT2D eigenvalue weighted by molar-refractivity contribution is 0.435. The zero-order valence-electron chi connectivity index (χ0n) is 18.3. The van der Waals surface area contributed by atoms with Crippen LogP contribution >= 0.6 is 0 Å². The molecule has 33 heavy (non-hydrogen) atoms. The van der Waals surface area contributed by atoms with Crippen LogP contribution in [0.1, 0.15) is 23.2 Å². The van der Waals surface area contributed by atoms with Crippen LogP contribution in [0.2, 0.25) is 0 Å². The van der Waals surface area contributed by atoms with Gasteiger partial charge in [-0.25, -0.2) is 14.4 Å². The van der Waals surface area contributed by atoms with Crippen molar-refractivity contribution < 1.29 is 9.13 Å². The summed E-state index contributed by atoms with van der Waals surface area (Å²) in [6.45, 7) is 5.62. The molecule has 2 saturated heterocycles. The van der Waals surface area contributed by atoms with Gasteiger partial charge in [0.2, 0.25) is 5.95 Å². The van der Waals surface area contributed by atoms with Gasteiger partial charge in [0.25, 0.3) is 0 Å². The van der Waals surface area contributed by atoms with Crippen molar-refractivity contribution in [3.63, 3.8) is 0 Å². The Hall–Kier alpha value is -3.33. The average molecular weight is 446 g/mol. The smallest absolute Gasteiger partial charge is 0.324 e. The fourth-order valence-electron chi connectivity index (χ4n) is 5.44. The summed E-state index contributed by atoms with van der Waals surface area (Å²) in [7, 11) is 0. The topological polar surface area (TPSA) is 93.3 Å². The summed E-state index contributed by atoms with van der Waals surface area (Å²) < 4.78 is 20.3. The van der Waals surface area contributed by atoms with Gasteiger partial charge in [0.1, 0.15) is 11.6 Å². The number of nitrogens with two attached hydrogens (primary N) is 1. The standard InChI is InChI=1S/C24H24FN7O/c1-12-5-13(25)6-16-15(12)7-19-20(16)22(32-10-17-18(11-32)21(17)26)30-24(29-19)33-14-8-27-23(28-9-14)31-3-2-4-31/h5-6,8-9,17-18,21H,2-4,7,10-11,26H2,1H3. The van der Waals surface area contributed by atoms with Crippen molar-refractivity contribution in [1.82, 2.24) is 19.9 Å². The van der Waals surface area contributed by atoms with Crippen LogP contribution in [0.25, 0.3) is 11.1 Å². The van der Waals surface area contributed by atoms with Crippen molar-refractivity contribution in [3.8, 4) is 22.9 Å². The van der Waals surface area contributed by atoms with Crippen LogP contribution in [0.4, 0.5) is 16.2 Å². The van der Waals surface area contributed by atoms with Crippen LogP contribution in [-0.2, 0) is 6.42 Å². The second kappa shape index (κ2) is 6.84. The summed E-state index contributed by atoms with van der Waals surface area (Å²) in [5.41, 5.74) is 10.9. The molecule has 2 aliphatic carbocycles. The maximum Gasteiger partial charge on any atom is 0.324 e. The van der Waals surface area contributed by atoms with Gasteiger partial charge in [0.15, 0.2) is 5.75 Å². The second-order valence-electron chi connectivity index (χ2n) is 9.55. The van der Waals surface area contributed by atoms with Crippen LogP contribution in [-0.4, -0.2) is 52.2 Å². The lowest BCUT2D eigenvalue weighted by Crippen LogP contribution is -2.38. The van der Waals surface area contributed by atoms with E-state index in [0.29, 0.717) is 30.0 Å². The Kier molecular flexibility index (Phi) is 3.97. The SMILES string of the molecule is Cc1cc(F)cc2c1Cc1nc(Oc3cnc(N4CCC4)nc3)nc(N3CC4C(N)C4C3)c1-2. The van der Waals surface area contributed by atoms with Gasteiger partial charge < -0.3 is 20.3 Å². The van der Waals surface area contributed by atoms with Gasteiger partial charge in [0.05, 0.1) is 18.1 Å². The highest BCUT2D eigenvalue weighted by atomic mass is 19.1. The van der Waals surface area contributed by atoms with Gasteiger partial charge >= 0.3 is 6.01 Å². The van der Waals surface area contributed by atoms with Crippen LogP contribution < -0.4 is 20.3 Å². The molecule has 9 heteroatoms. The molecule has 8 nitrogen and oxygen atoms in total. The Morgan fingerprint density at radius 1 is 1.06 bits per heavy atom. The number of piperidine rings is 1. The van der Waals surface area contributed by atoms with Gasteiger partial charge in [-0.1, -0.05) is 0 Å². The highest BCUT2D eigenvalue weighted by molar-refractivity contribution is 5.85. The Bertz CT molecular complexity index is 1260. The molecular formula is C24H24FN7O. The van der Waals surface area contributed by atoms with E-state index in [1.165, 1.54) is 6.42 Å². The monoisotopic (exact) mass is 445 g/mol. The fourth-order valence-corrected chi connectivity index (χ4v) is 5.44. The maximum absolute atomic E-state index is 14.3. The quantitative estimate of drug-likeness (QED) is 0.513. The number of hydrogen-bond acceptors (Lipinski definition) is 8. The Morgan fingerprint density at radius 3 is 2.52 bits per heavy atom. The van der Waals surface area contributed by atoms with Gasteiger partial charge in [-0.05, 0) is 54.0 Å². The van der Waals surface area contributed by atoms with Crippen molar-refractivity contribution in [1.29, 1.82) is 0 Å². The highest BCUT2D eigenvalue weighted by Gasteiger charge is 2.54. The summed E-state index contributed by atoms with van der Waals surface area (Å²) in [5.74, 6) is 2.77. The van der Waals surface area contributed by atoms with Crippen molar-refractivity contribution in [2.24, 2.45) is 17.6 Å². The van der Waals surface area contributed by atoms with Crippen LogP contribution in [0.15, 0.2) is 24.5 Å². The van der Waals surface area contributed by atoms with Gasteiger partial charge in [-0.15, -0.1) is 0 Å². The molecule has 3 aromatic rings. The molecule has 2 atom stereocenters. The van der Waals surface area contributed by atoms with Crippen LogP contribution in [0.5, 0.6) is 11.8 Å². The summed E-state index contributed by atoms with van der Waals surface area (Å²) in [4.78, 5) is 22.7. The fraction of sp³-hybridized carbons (Fsp3) is 0.417. The van der Waals surface area contributed by atoms with E-state index in [1.54, 1.807) is 24.5 Å². The number of aromatic nitrogens is 4. The highest BCUT2D eigenvalue weighted by Crippen LogP contribution is 2.49. The normalized spacial score (nSPS) is 24.3. The number of anilines is 2. The van der Waals surface area contributed by atoms with E-state index >= 15 is 0 Å². The average Bonchev–Trinajstić information content (AvgIpc) is 3.10. The molecule has 4 aliphatic rings. The van der Waals surface area contributed by atoms with E-state index in [9.17, 15) is 4.39 Å². The maximum atomic E-state index is 14.3. The van der Waals surface area contributed by atoms with Gasteiger partial charge in [0, 0.05) is 44.2 Å². The molecule has 0 amide bonds. The van der Waals surface area contributed by atoms with E-state index in [2.05, 4.69) is 19.8 Å². The molecule has 1 saturated carbocycles. The van der Waals surface area contributed by atoms with E-state index in [4.69, 9.17) is 20.4 Å². The van der Waals surface area contributed by atoms with Gasteiger partial charge in [-0.2, -0.15) is 9.97 Å². The number of nitrogens with zero attached hydrogens (tertiary/aromatic N) is 6. The Balaban J connectivity index is 1.26. The summed E-state index contributed by atoms with van der Waals surface area (Å²) >= 11 is 0. The van der Waals surface area contributed by atoms with Crippen LogP contribution in [0, 0.1) is 24.6 Å². The van der Waals surface area contributed by atoms with E-state index < -0.39 is 0 Å². The van der Waals surface area contributed by atoms with E-state index in [1.807, 2.05) is 6.92 Å². The molecule has 0 bridgehead atoms. The first-order valence-electron chi connectivity index (χ1n) is 11.5. The Labute approximate surface area is 190 Å². The molecule has 0 radical (unpaired) electrons. The number of benzene rings is 1. The molecule has 1 aromatic carbocycles. The number of hydrogen-bond donors (Lipinski definition) is 1. The first kappa shape index (κ1) is 19.2. The molecule has 0 spiro atoms. The van der Waals surface area contributed by atoms with E-state index in [0.717, 1.165) is 59.9 Å². The predicted octanol–water partition coefficient (Wildman–Crippen LogP) is 2.68. The Morgan fingerprint density at radius 2 is 1.82 bits per heavy atom. The van der Waals surface area contributed by atoms with E-state index in [-0.39, 0.29) is 17.9 Å². The minimum Gasteiger partial charge on any atom is -0.421 e. The molecule has 2 aromatic heterocycles.